The van der Waals surface area contributed by atoms with Gasteiger partial charge in [0.25, 0.3) is 11.8 Å². The molecule has 0 unspecified atom stereocenters. The Labute approximate surface area is 226 Å². The molecular formula is C30H30N2O7. The summed E-state index contributed by atoms with van der Waals surface area (Å²) in [6.07, 6.45) is 3.19. The molecule has 0 fully saturated rings. The number of allylic oxidation sites excluding steroid dienone is 1. The fraction of sp³-hybridized carbons (Fsp3) is 0.233. The van der Waals surface area contributed by atoms with E-state index in [1.165, 1.54) is 4.90 Å². The van der Waals surface area contributed by atoms with Crippen LogP contribution in [0.5, 0.6) is 11.5 Å². The molecule has 0 saturated heterocycles. The first kappa shape index (κ1) is 27.3. The first-order chi connectivity index (χ1) is 18.9. The summed E-state index contributed by atoms with van der Waals surface area (Å²) in [6, 6.07) is 17.5. The Kier molecular flexibility index (Phi) is 8.83. The predicted molar refractivity (Wildman–Crippen MR) is 145 cm³/mol. The summed E-state index contributed by atoms with van der Waals surface area (Å²) in [5.41, 5.74) is 2.21. The summed E-state index contributed by atoms with van der Waals surface area (Å²) in [5, 5.41) is 2.71. The zero-order chi connectivity index (χ0) is 27.8. The first-order valence-electron chi connectivity index (χ1n) is 12.6. The van der Waals surface area contributed by atoms with Gasteiger partial charge in [-0.05, 0) is 80.9 Å². The van der Waals surface area contributed by atoms with Crippen molar-refractivity contribution in [2.75, 3.05) is 24.7 Å². The summed E-state index contributed by atoms with van der Waals surface area (Å²) in [6.45, 7) is 6.16. The highest BCUT2D eigenvalue weighted by molar-refractivity contribution is 6.23. The van der Waals surface area contributed by atoms with Crippen molar-refractivity contribution in [2.45, 2.75) is 27.3 Å². The molecule has 0 spiro atoms. The number of hydrogen-bond donors (Lipinski definition) is 1. The van der Waals surface area contributed by atoms with E-state index in [1.807, 2.05) is 6.92 Å². The molecule has 0 bridgehead atoms. The Morgan fingerprint density at radius 2 is 1.64 bits per heavy atom. The van der Waals surface area contributed by atoms with E-state index in [0.717, 1.165) is 0 Å². The molecule has 4 rings (SSSR count). The van der Waals surface area contributed by atoms with Gasteiger partial charge in [-0.2, -0.15) is 0 Å². The average Bonchev–Trinajstić information content (AvgIpc) is 3.54. The molecular weight excluding hydrogens is 500 g/mol. The van der Waals surface area contributed by atoms with E-state index in [9.17, 15) is 14.4 Å². The Hall–Kier alpha value is -4.79. The van der Waals surface area contributed by atoms with Crippen molar-refractivity contribution in [3.8, 4) is 11.5 Å². The molecule has 2 heterocycles. The lowest BCUT2D eigenvalue weighted by Crippen LogP contribution is -2.28. The van der Waals surface area contributed by atoms with Gasteiger partial charge in [0.05, 0.1) is 37.2 Å². The Morgan fingerprint density at radius 1 is 0.949 bits per heavy atom. The van der Waals surface area contributed by atoms with E-state index in [0.29, 0.717) is 40.8 Å². The number of ether oxygens (including phenoxy) is 3. The van der Waals surface area contributed by atoms with E-state index in [2.05, 4.69) is 5.32 Å². The van der Waals surface area contributed by atoms with Crippen LogP contribution in [0.1, 0.15) is 32.1 Å². The number of anilines is 1. The van der Waals surface area contributed by atoms with Gasteiger partial charge in [-0.3, -0.25) is 14.5 Å². The number of benzene rings is 2. The zero-order valence-electron chi connectivity index (χ0n) is 22.1. The molecule has 1 aliphatic rings. The summed E-state index contributed by atoms with van der Waals surface area (Å²) >= 11 is 0. The van der Waals surface area contributed by atoms with E-state index < -0.39 is 5.97 Å². The van der Waals surface area contributed by atoms with Crippen LogP contribution < -0.4 is 19.7 Å². The van der Waals surface area contributed by atoms with Crippen LogP contribution in [-0.4, -0.2) is 37.6 Å². The number of nitrogens with zero attached hydrogens (tertiary/aromatic N) is 1. The number of carbonyl (C=O) groups is 3. The molecule has 0 radical (unpaired) electrons. The maximum absolute atomic E-state index is 13.5. The minimum absolute atomic E-state index is 0.161. The molecule has 0 aliphatic carbocycles. The van der Waals surface area contributed by atoms with Crippen LogP contribution in [0.4, 0.5) is 5.69 Å². The van der Waals surface area contributed by atoms with Gasteiger partial charge in [0.15, 0.2) is 6.61 Å². The van der Waals surface area contributed by atoms with Gasteiger partial charge >= 0.3 is 5.97 Å². The molecule has 2 aromatic carbocycles. The molecule has 1 aliphatic heterocycles. The van der Waals surface area contributed by atoms with Gasteiger partial charge in [-0.15, -0.1) is 0 Å². The van der Waals surface area contributed by atoms with Crippen molar-refractivity contribution in [1.29, 1.82) is 0 Å². The van der Waals surface area contributed by atoms with Crippen LogP contribution in [0, 0.1) is 0 Å². The maximum Gasteiger partial charge on any atom is 0.340 e. The molecule has 1 N–H and O–H groups in total. The fourth-order valence-electron chi connectivity index (χ4n) is 4.08. The van der Waals surface area contributed by atoms with Crippen LogP contribution >= 0.6 is 0 Å². The van der Waals surface area contributed by atoms with Crippen molar-refractivity contribution in [2.24, 2.45) is 0 Å². The quantitative estimate of drug-likeness (QED) is 0.284. The zero-order valence-corrected chi connectivity index (χ0v) is 22.1. The summed E-state index contributed by atoms with van der Waals surface area (Å²) < 4.78 is 21.5. The van der Waals surface area contributed by atoms with Crippen LogP contribution in [-0.2, 0) is 25.7 Å². The lowest BCUT2D eigenvalue weighted by Gasteiger charge is -2.18. The lowest BCUT2D eigenvalue weighted by molar-refractivity contribution is -0.138. The molecule has 1 aromatic heterocycles. The topological polar surface area (TPSA) is 107 Å². The third-order valence-electron chi connectivity index (χ3n) is 5.89. The number of furan rings is 1. The van der Waals surface area contributed by atoms with Crippen LogP contribution in [0.3, 0.4) is 0 Å². The monoisotopic (exact) mass is 530 g/mol. The smallest absolute Gasteiger partial charge is 0.340 e. The van der Waals surface area contributed by atoms with Gasteiger partial charge in [0.1, 0.15) is 17.3 Å². The SMILES string of the molecule is CCOC(=O)C1=C(C)N(c2ccc(OCC)cc2)C(=O)/C1=C\c1ccc(OCC(=O)NCc2ccco2)cc1. The molecule has 39 heavy (non-hydrogen) atoms. The molecule has 2 amide bonds. The Morgan fingerprint density at radius 3 is 2.28 bits per heavy atom. The molecule has 9 heteroatoms. The van der Waals surface area contributed by atoms with Gasteiger partial charge in [-0.1, -0.05) is 12.1 Å². The highest BCUT2D eigenvalue weighted by Crippen LogP contribution is 2.36. The minimum atomic E-state index is -0.566. The largest absolute Gasteiger partial charge is 0.494 e. The normalized spacial score (nSPS) is 14.1. The molecule has 3 aromatic rings. The lowest BCUT2D eigenvalue weighted by atomic mass is 10.0. The van der Waals surface area contributed by atoms with Gasteiger partial charge < -0.3 is 23.9 Å². The Bertz CT molecular complexity index is 1370. The number of amides is 2. The van der Waals surface area contributed by atoms with E-state index in [1.54, 1.807) is 86.9 Å². The standard InChI is InChI=1S/C30H30N2O7/c1-4-36-23-14-10-22(11-15-23)32-20(3)28(30(35)37-5-2)26(29(32)34)17-21-8-12-24(13-9-21)39-19-27(33)31-18-25-7-6-16-38-25/h6-17H,4-5,18-19H2,1-3H3,(H,31,33)/b26-17-. The summed E-state index contributed by atoms with van der Waals surface area (Å²) in [5.74, 6) is 0.624. The van der Waals surface area contributed by atoms with Crippen molar-refractivity contribution in [3.63, 3.8) is 0 Å². The Balaban J connectivity index is 1.49. The highest BCUT2D eigenvalue weighted by Gasteiger charge is 2.38. The second kappa shape index (κ2) is 12.6. The minimum Gasteiger partial charge on any atom is -0.494 e. The molecule has 0 saturated carbocycles. The summed E-state index contributed by atoms with van der Waals surface area (Å²) in [4.78, 5) is 39.9. The van der Waals surface area contributed by atoms with Crippen molar-refractivity contribution in [1.82, 2.24) is 5.32 Å². The van der Waals surface area contributed by atoms with E-state index in [4.69, 9.17) is 18.6 Å². The van der Waals surface area contributed by atoms with Crippen LogP contribution in [0.2, 0.25) is 0 Å². The van der Waals surface area contributed by atoms with E-state index in [-0.39, 0.29) is 42.7 Å². The second-order valence-electron chi connectivity index (χ2n) is 8.52. The van der Waals surface area contributed by atoms with Gasteiger partial charge in [0.2, 0.25) is 0 Å². The molecule has 202 valence electrons. The molecule has 9 nitrogen and oxygen atoms in total. The number of esters is 1. The third-order valence-corrected chi connectivity index (χ3v) is 5.89. The summed E-state index contributed by atoms with van der Waals surface area (Å²) in [7, 11) is 0. The highest BCUT2D eigenvalue weighted by atomic mass is 16.5. The second-order valence-corrected chi connectivity index (χ2v) is 8.52. The van der Waals surface area contributed by atoms with Crippen LogP contribution in [0.15, 0.2) is 88.2 Å². The third kappa shape index (κ3) is 6.56. The number of rotatable bonds is 11. The maximum atomic E-state index is 13.5. The number of hydrogen-bond acceptors (Lipinski definition) is 7. The van der Waals surface area contributed by atoms with E-state index >= 15 is 0 Å². The first-order valence-corrected chi connectivity index (χ1v) is 12.6. The number of carbonyl (C=O) groups excluding carboxylic acids is 3. The van der Waals surface area contributed by atoms with Crippen molar-refractivity contribution in [3.05, 3.63) is 95.1 Å². The van der Waals surface area contributed by atoms with Crippen molar-refractivity contribution >= 4 is 29.5 Å². The van der Waals surface area contributed by atoms with Gasteiger partial charge in [-0.25, -0.2) is 4.79 Å². The fourth-order valence-corrected chi connectivity index (χ4v) is 4.08. The number of nitrogens with one attached hydrogen (secondary N) is 1. The predicted octanol–water partition coefficient (Wildman–Crippen LogP) is 4.64. The average molecular weight is 531 g/mol. The van der Waals surface area contributed by atoms with Crippen LogP contribution in [0.25, 0.3) is 6.08 Å². The molecule has 0 atom stereocenters. The van der Waals surface area contributed by atoms with Gasteiger partial charge in [0, 0.05) is 11.4 Å². The van der Waals surface area contributed by atoms with Crippen molar-refractivity contribution < 1.29 is 33.0 Å².